The van der Waals surface area contributed by atoms with E-state index >= 15 is 0 Å². The largest absolute Gasteiger partial charge is 0.107 e. The van der Waals surface area contributed by atoms with Gasteiger partial charge < -0.3 is 0 Å². The Labute approximate surface area is 100 Å². The third-order valence-electron chi connectivity index (χ3n) is 4.15. The minimum Gasteiger partial charge on any atom is -0.103 e. The summed E-state index contributed by atoms with van der Waals surface area (Å²) in [6.07, 6.45) is 5.57. The maximum absolute atomic E-state index is 4.45. The Hall–Kier alpha value is -0.823. The summed E-state index contributed by atoms with van der Waals surface area (Å²) in [6, 6.07) is 11.0. The first-order valence-corrected chi connectivity index (χ1v) is 9.37. The van der Waals surface area contributed by atoms with Crippen molar-refractivity contribution >= 4 is 13.3 Å². The van der Waals surface area contributed by atoms with E-state index in [9.17, 15) is 0 Å². The zero-order chi connectivity index (χ0) is 11.6. The van der Waals surface area contributed by atoms with Crippen molar-refractivity contribution in [3.63, 3.8) is 0 Å². The molecule has 16 heavy (non-hydrogen) atoms. The van der Waals surface area contributed by atoms with E-state index in [1.165, 1.54) is 30.9 Å². The summed E-state index contributed by atoms with van der Waals surface area (Å²) in [5.74, 6) is 0.807. The summed E-state index contributed by atoms with van der Waals surface area (Å²) < 4.78 is 0. The first kappa shape index (κ1) is 11.7. The molecule has 0 nitrogen and oxygen atoms in total. The first-order valence-electron chi connectivity index (χ1n) is 6.37. The van der Waals surface area contributed by atoms with Gasteiger partial charge in [0, 0.05) is 0 Å². The highest BCUT2D eigenvalue weighted by atomic mass is 28.3. The summed E-state index contributed by atoms with van der Waals surface area (Å²) >= 11 is 0. The van der Waals surface area contributed by atoms with E-state index in [4.69, 9.17) is 0 Å². The molecular weight excluding hydrogens is 208 g/mol. The van der Waals surface area contributed by atoms with Crippen LogP contribution in [0.1, 0.15) is 25.7 Å². The topological polar surface area (TPSA) is 0 Å². The molecule has 1 aromatic carbocycles. The van der Waals surface area contributed by atoms with Crippen molar-refractivity contribution in [2.75, 3.05) is 0 Å². The second kappa shape index (κ2) is 4.58. The molecule has 86 valence electrons. The molecule has 1 aromatic rings. The van der Waals surface area contributed by atoms with Gasteiger partial charge in [-0.15, -0.1) is 6.58 Å². The molecule has 0 aliphatic heterocycles. The Morgan fingerprint density at radius 2 is 1.69 bits per heavy atom. The molecule has 0 heterocycles. The fraction of sp³-hybridized carbons (Fsp3) is 0.467. The van der Waals surface area contributed by atoms with Crippen LogP contribution in [-0.2, 0) is 0 Å². The van der Waals surface area contributed by atoms with Crippen molar-refractivity contribution in [1.82, 2.24) is 0 Å². The molecule has 0 N–H and O–H groups in total. The zero-order valence-corrected chi connectivity index (χ0v) is 11.5. The molecule has 1 aliphatic rings. The molecule has 0 radical (unpaired) electrons. The summed E-state index contributed by atoms with van der Waals surface area (Å²) in [5, 5.41) is 3.10. The molecule has 0 amide bonds. The monoisotopic (exact) mass is 230 g/mol. The molecule has 1 aliphatic carbocycles. The standard InChI is InChI=1S/C15H22Si/c1-13(14-9-7-8-10-14)16(2,3)15-11-5-4-6-12-15/h4-6,11-12,14H,1,7-10H2,2-3H3. The van der Waals surface area contributed by atoms with Crippen LogP contribution in [0.4, 0.5) is 0 Å². The lowest BCUT2D eigenvalue weighted by molar-refractivity contribution is 0.669. The van der Waals surface area contributed by atoms with E-state index in [0.717, 1.165) is 5.92 Å². The van der Waals surface area contributed by atoms with Gasteiger partial charge in [-0.05, 0) is 18.8 Å². The van der Waals surface area contributed by atoms with Crippen LogP contribution in [0.2, 0.25) is 13.1 Å². The van der Waals surface area contributed by atoms with Gasteiger partial charge in [0.25, 0.3) is 0 Å². The van der Waals surface area contributed by atoms with Crippen molar-refractivity contribution in [2.24, 2.45) is 5.92 Å². The number of hydrogen-bond donors (Lipinski definition) is 0. The molecule has 0 saturated heterocycles. The predicted molar refractivity (Wildman–Crippen MR) is 74.7 cm³/mol. The highest BCUT2D eigenvalue weighted by molar-refractivity contribution is 6.95. The molecule has 0 bridgehead atoms. The Morgan fingerprint density at radius 3 is 2.25 bits per heavy atom. The van der Waals surface area contributed by atoms with Gasteiger partial charge in [-0.3, -0.25) is 0 Å². The number of rotatable bonds is 3. The van der Waals surface area contributed by atoms with E-state index < -0.39 is 8.07 Å². The van der Waals surface area contributed by atoms with Gasteiger partial charge in [0.2, 0.25) is 0 Å². The molecule has 1 saturated carbocycles. The SMILES string of the molecule is C=C(C1CCCC1)[Si](C)(C)c1ccccc1. The van der Waals surface area contributed by atoms with Gasteiger partial charge in [0.1, 0.15) is 8.07 Å². The first-order chi connectivity index (χ1) is 7.62. The fourth-order valence-electron chi connectivity index (χ4n) is 2.82. The highest BCUT2D eigenvalue weighted by Crippen LogP contribution is 2.34. The lowest BCUT2D eigenvalue weighted by Crippen LogP contribution is -2.45. The third-order valence-corrected chi connectivity index (χ3v) is 7.94. The number of allylic oxidation sites excluding steroid dienone is 1. The normalized spacial score (nSPS) is 17.6. The lowest BCUT2D eigenvalue weighted by Gasteiger charge is -2.29. The second-order valence-corrected chi connectivity index (χ2v) is 9.97. The zero-order valence-electron chi connectivity index (χ0n) is 10.5. The molecule has 2 rings (SSSR count). The molecule has 0 atom stereocenters. The molecule has 1 heteroatoms. The van der Waals surface area contributed by atoms with Crippen molar-refractivity contribution in [1.29, 1.82) is 0 Å². The highest BCUT2D eigenvalue weighted by Gasteiger charge is 2.32. The average Bonchev–Trinajstić information content (AvgIpc) is 2.82. The van der Waals surface area contributed by atoms with Gasteiger partial charge in [-0.25, -0.2) is 0 Å². The van der Waals surface area contributed by atoms with Crippen molar-refractivity contribution in [3.8, 4) is 0 Å². The predicted octanol–water partition coefficient (Wildman–Crippen LogP) is 3.89. The maximum atomic E-state index is 4.45. The van der Waals surface area contributed by atoms with Crippen LogP contribution in [0, 0.1) is 5.92 Å². The van der Waals surface area contributed by atoms with Gasteiger partial charge >= 0.3 is 0 Å². The van der Waals surface area contributed by atoms with E-state index in [1.54, 1.807) is 5.20 Å². The van der Waals surface area contributed by atoms with Crippen molar-refractivity contribution in [2.45, 2.75) is 38.8 Å². The van der Waals surface area contributed by atoms with E-state index in [0.29, 0.717) is 0 Å². The smallest absolute Gasteiger partial charge is 0.103 e. The third kappa shape index (κ3) is 2.15. The molecule has 0 aromatic heterocycles. The average molecular weight is 230 g/mol. The maximum Gasteiger partial charge on any atom is 0.107 e. The van der Waals surface area contributed by atoms with E-state index in [2.05, 4.69) is 50.0 Å². The van der Waals surface area contributed by atoms with Crippen LogP contribution in [0.25, 0.3) is 0 Å². The summed E-state index contributed by atoms with van der Waals surface area (Å²) in [5.41, 5.74) is 0. The van der Waals surface area contributed by atoms with Crippen LogP contribution in [0.3, 0.4) is 0 Å². The fourth-order valence-corrected chi connectivity index (χ4v) is 5.53. The summed E-state index contributed by atoms with van der Waals surface area (Å²) in [6.45, 7) is 9.34. The lowest BCUT2D eigenvalue weighted by atomic mass is 10.1. The van der Waals surface area contributed by atoms with Crippen LogP contribution < -0.4 is 5.19 Å². The van der Waals surface area contributed by atoms with Gasteiger partial charge in [-0.1, -0.05) is 66.7 Å². The number of benzene rings is 1. The van der Waals surface area contributed by atoms with Crippen LogP contribution in [0.5, 0.6) is 0 Å². The molecule has 0 unspecified atom stereocenters. The summed E-state index contributed by atoms with van der Waals surface area (Å²) in [4.78, 5) is 0. The molecular formula is C15H22Si. The van der Waals surface area contributed by atoms with Gasteiger partial charge in [-0.2, -0.15) is 0 Å². The van der Waals surface area contributed by atoms with Crippen LogP contribution in [-0.4, -0.2) is 8.07 Å². The second-order valence-electron chi connectivity index (χ2n) is 5.50. The Kier molecular flexibility index (Phi) is 3.34. The van der Waals surface area contributed by atoms with Crippen LogP contribution in [0.15, 0.2) is 42.1 Å². The quantitative estimate of drug-likeness (QED) is 0.691. The summed E-state index contributed by atoms with van der Waals surface area (Å²) in [7, 11) is -1.44. The van der Waals surface area contributed by atoms with Crippen LogP contribution >= 0.6 is 0 Å². The Morgan fingerprint density at radius 1 is 1.12 bits per heavy atom. The van der Waals surface area contributed by atoms with Crippen molar-refractivity contribution in [3.05, 3.63) is 42.1 Å². The van der Waals surface area contributed by atoms with Gasteiger partial charge in [0.15, 0.2) is 0 Å². The van der Waals surface area contributed by atoms with Gasteiger partial charge in [0.05, 0.1) is 0 Å². The minimum atomic E-state index is -1.44. The Bertz CT molecular complexity index is 358. The minimum absolute atomic E-state index is 0.807. The Balaban J connectivity index is 2.21. The molecule has 0 spiro atoms. The van der Waals surface area contributed by atoms with E-state index in [1.807, 2.05) is 0 Å². The number of hydrogen-bond acceptors (Lipinski definition) is 0. The van der Waals surface area contributed by atoms with E-state index in [-0.39, 0.29) is 0 Å². The molecule has 1 fully saturated rings. The van der Waals surface area contributed by atoms with Crippen molar-refractivity contribution < 1.29 is 0 Å².